The lowest BCUT2D eigenvalue weighted by Gasteiger charge is -2.20. The van der Waals surface area contributed by atoms with E-state index in [1.54, 1.807) is 19.1 Å². The molecule has 0 bridgehead atoms. The molecule has 4 nitrogen and oxygen atoms in total. The molecule has 0 aromatic heterocycles. The average molecular weight is 330 g/mol. The molecular weight excluding hydrogens is 307 g/mol. The lowest BCUT2D eigenvalue weighted by atomic mass is 10.0. The van der Waals surface area contributed by atoms with Crippen LogP contribution in [-0.2, 0) is 0 Å². The molecule has 128 valence electrons. The zero-order chi connectivity index (χ0) is 17.7. The van der Waals surface area contributed by atoms with E-state index >= 15 is 0 Å². The normalized spacial score (nSPS) is 13.0. The van der Waals surface area contributed by atoms with Gasteiger partial charge < -0.3 is 15.4 Å². The van der Waals surface area contributed by atoms with Gasteiger partial charge in [-0.1, -0.05) is 30.3 Å². The van der Waals surface area contributed by atoms with E-state index in [4.69, 9.17) is 4.74 Å². The Balaban J connectivity index is 1.99. The zero-order valence-electron chi connectivity index (χ0n) is 14.4. The van der Waals surface area contributed by atoms with Crippen molar-refractivity contribution in [2.24, 2.45) is 0 Å². The molecule has 0 saturated carbocycles. The van der Waals surface area contributed by atoms with E-state index in [1.165, 1.54) is 13.2 Å². The lowest BCUT2D eigenvalue weighted by Crippen LogP contribution is -2.38. The molecule has 0 radical (unpaired) electrons. The summed E-state index contributed by atoms with van der Waals surface area (Å²) in [5.41, 5.74) is 2.86. The highest BCUT2D eigenvalue weighted by atomic mass is 19.1. The number of benzene rings is 2. The van der Waals surface area contributed by atoms with E-state index in [0.29, 0.717) is 5.56 Å². The van der Waals surface area contributed by atoms with Gasteiger partial charge in [0.05, 0.1) is 19.2 Å². The van der Waals surface area contributed by atoms with Crippen LogP contribution >= 0.6 is 0 Å². The van der Waals surface area contributed by atoms with E-state index in [0.717, 1.165) is 11.1 Å². The van der Waals surface area contributed by atoms with Crippen molar-refractivity contribution < 1.29 is 13.9 Å². The van der Waals surface area contributed by atoms with Crippen molar-refractivity contribution in [2.45, 2.75) is 32.9 Å². The molecule has 2 amide bonds. The first-order valence-corrected chi connectivity index (χ1v) is 7.88. The lowest BCUT2D eigenvalue weighted by molar-refractivity contribution is 0.235. The van der Waals surface area contributed by atoms with Gasteiger partial charge >= 0.3 is 6.03 Å². The van der Waals surface area contributed by atoms with Crippen molar-refractivity contribution in [3.8, 4) is 5.75 Å². The predicted molar refractivity (Wildman–Crippen MR) is 92.6 cm³/mol. The molecule has 2 rings (SSSR count). The van der Waals surface area contributed by atoms with Crippen molar-refractivity contribution >= 4 is 6.03 Å². The van der Waals surface area contributed by atoms with E-state index in [-0.39, 0.29) is 23.9 Å². The van der Waals surface area contributed by atoms with Crippen molar-refractivity contribution in [1.82, 2.24) is 10.6 Å². The minimum Gasteiger partial charge on any atom is -0.494 e. The molecule has 2 N–H and O–H groups in total. The average Bonchev–Trinajstić information content (AvgIpc) is 2.54. The van der Waals surface area contributed by atoms with Crippen LogP contribution in [0.15, 0.2) is 42.5 Å². The fraction of sp³-hybridized carbons (Fsp3) is 0.316. The number of nitrogens with one attached hydrogen (secondary N) is 2. The largest absolute Gasteiger partial charge is 0.494 e. The summed E-state index contributed by atoms with van der Waals surface area (Å²) in [6.07, 6.45) is 0. The number of hydrogen-bond acceptors (Lipinski definition) is 2. The standard InChI is InChI=1S/C19H23FN2O2/c1-12-7-5-6-8-16(12)14(3)22-19(23)21-13(2)15-9-10-18(24-4)17(20)11-15/h5-11,13-14H,1-4H3,(H2,21,22,23)/t13-,14+/m0/s1. The second-order valence-electron chi connectivity index (χ2n) is 5.81. The van der Waals surface area contributed by atoms with Gasteiger partial charge in [0, 0.05) is 0 Å². The summed E-state index contributed by atoms with van der Waals surface area (Å²) in [5.74, 6) is -0.263. The Labute approximate surface area is 142 Å². The van der Waals surface area contributed by atoms with E-state index in [1.807, 2.05) is 38.1 Å². The van der Waals surface area contributed by atoms with E-state index in [9.17, 15) is 9.18 Å². The Kier molecular flexibility index (Phi) is 5.79. The summed E-state index contributed by atoms with van der Waals surface area (Å²) in [6, 6.07) is 11.8. The molecule has 5 heteroatoms. The first-order chi connectivity index (χ1) is 11.4. The topological polar surface area (TPSA) is 50.4 Å². The molecule has 2 atom stereocenters. The molecular formula is C19H23FN2O2. The fourth-order valence-electron chi connectivity index (χ4n) is 2.62. The number of carbonyl (C=O) groups excluding carboxylic acids is 1. The zero-order valence-corrected chi connectivity index (χ0v) is 14.4. The summed E-state index contributed by atoms with van der Waals surface area (Å²) in [4.78, 5) is 12.2. The van der Waals surface area contributed by atoms with Crippen LogP contribution in [0.1, 0.15) is 42.6 Å². The molecule has 0 saturated heterocycles. The molecule has 0 aliphatic heterocycles. The van der Waals surface area contributed by atoms with Crippen LogP contribution in [0, 0.1) is 12.7 Å². The molecule has 2 aromatic carbocycles. The van der Waals surface area contributed by atoms with Crippen LogP contribution in [0.25, 0.3) is 0 Å². The van der Waals surface area contributed by atoms with Gasteiger partial charge in [-0.15, -0.1) is 0 Å². The molecule has 2 aromatic rings. The van der Waals surface area contributed by atoms with Crippen molar-refractivity contribution in [3.05, 3.63) is 65.0 Å². The maximum atomic E-state index is 13.8. The number of urea groups is 1. The summed E-state index contributed by atoms with van der Waals surface area (Å²) in [5, 5.41) is 5.73. The first kappa shape index (κ1) is 17.8. The van der Waals surface area contributed by atoms with Gasteiger partial charge in [-0.05, 0) is 49.6 Å². The van der Waals surface area contributed by atoms with E-state index in [2.05, 4.69) is 10.6 Å². The van der Waals surface area contributed by atoms with Gasteiger partial charge in [-0.2, -0.15) is 0 Å². The predicted octanol–water partition coefficient (Wildman–Crippen LogP) is 4.26. The highest BCUT2D eigenvalue weighted by molar-refractivity contribution is 5.75. The van der Waals surface area contributed by atoms with Crippen molar-refractivity contribution in [1.29, 1.82) is 0 Å². The second-order valence-corrected chi connectivity index (χ2v) is 5.81. The minimum absolute atomic E-state index is 0.119. The second kappa shape index (κ2) is 7.81. The molecule has 0 unspecified atom stereocenters. The molecule has 0 fully saturated rings. The number of rotatable bonds is 5. The summed E-state index contributed by atoms with van der Waals surface area (Å²) in [6.45, 7) is 5.74. The molecule has 0 aliphatic carbocycles. The minimum atomic E-state index is -0.447. The van der Waals surface area contributed by atoms with Crippen LogP contribution in [0.2, 0.25) is 0 Å². The quantitative estimate of drug-likeness (QED) is 0.860. The van der Waals surface area contributed by atoms with Gasteiger partial charge in [-0.3, -0.25) is 0 Å². The maximum absolute atomic E-state index is 13.8. The van der Waals surface area contributed by atoms with Crippen LogP contribution < -0.4 is 15.4 Å². The number of hydrogen-bond donors (Lipinski definition) is 2. The molecule has 24 heavy (non-hydrogen) atoms. The number of ether oxygens (including phenoxy) is 1. The van der Waals surface area contributed by atoms with Crippen LogP contribution in [0.5, 0.6) is 5.75 Å². The van der Waals surface area contributed by atoms with Crippen molar-refractivity contribution in [2.75, 3.05) is 7.11 Å². The fourth-order valence-corrected chi connectivity index (χ4v) is 2.62. The summed E-state index contributed by atoms with van der Waals surface area (Å²) < 4.78 is 18.7. The first-order valence-electron chi connectivity index (χ1n) is 7.88. The molecule has 0 heterocycles. The smallest absolute Gasteiger partial charge is 0.315 e. The van der Waals surface area contributed by atoms with Crippen molar-refractivity contribution in [3.63, 3.8) is 0 Å². The molecule has 0 aliphatic rings. The Morgan fingerprint density at radius 3 is 2.38 bits per heavy atom. The third-order valence-corrected chi connectivity index (χ3v) is 4.03. The number of amides is 2. The Hall–Kier alpha value is -2.56. The number of methoxy groups -OCH3 is 1. The van der Waals surface area contributed by atoms with E-state index < -0.39 is 5.82 Å². The van der Waals surface area contributed by atoms with Gasteiger partial charge in [0.15, 0.2) is 11.6 Å². The molecule has 0 spiro atoms. The van der Waals surface area contributed by atoms with Gasteiger partial charge in [0.2, 0.25) is 0 Å². The van der Waals surface area contributed by atoms with Gasteiger partial charge in [0.1, 0.15) is 0 Å². The van der Waals surface area contributed by atoms with Crippen LogP contribution in [0.4, 0.5) is 9.18 Å². The number of carbonyl (C=O) groups is 1. The van der Waals surface area contributed by atoms with Crippen LogP contribution in [0.3, 0.4) is 0 Å². The van der Waals surface area contributed by atoms with Gasteiger partial charge in [-0.25, -0.2) is 9.18 Å². The Morgan fingerprint density at radius 1 is 1.08 bits per heavy atom. The Morgan fingerprint density at radius 2 is 1.75 bits per heavy atom. The Bertz CT molecular complexity index is 718. The SMILES string of the molecule is COc1ccc([C@H](C)NC(=O)N[C@H](C)c2ccccc2C)cc1F. The monoisotopic (exact) mass is 330 g/mol. The van der Waals surface area contributed by atoms with Gasteiger partial charge in [0.25, 0.3) is 0 Å². The third kappa shape index (κ3) is 4.25. The number of halogens is 1. The maximum Gasteiger partial charge on any atom is 0.315 e. The highest BCUT2D eigenvalue weighted by Gasteiger charge is 2.15. The highest BCUT2D eigenvalue weighted by Crippen LogP contribution is 2.22. The number of aryl methyl sites for hydroxylation is 1. The summed E-state index contributed by atoms with van der Waals surface area (Å²) >= 11 is 0. The summed E-state index contributed by atoms with van der Waals surface area (Å²) in [7, 11) is 1.42. The third-order valence-electron chi connectivity index (χ3n) is 4.03. The van der Waals surface area contributed by atoms with Crippen LogP contribution in [-0.4, -0.2) is 13.1 Å².